The highest BCUT2D eigenvalue weighted by molar-refractivity contribution is 7.30. The molecule has 27 heavy (non-hydrogen) atoms. The molecule has 0 saturated heterocycles. The van der Waals surface area contributed by atoms with E-state index < -0.39 is 0 Å². The Morgan fingerprint density at radius 3 is 1.33 bits per heavy atom. The first-order valence-electron chi connectivity index (χ1n) is 12.8. The highest BCUT2D eigenvalue weighted by Gasteiger charge is 2.24. The van der Waals surface area contributed by atoms with E-state index in [1.54, 1.807) is 0 Å². The van der Waals surface area contributed by atoms with Gasteiger partial charge in [-0.05, 0) is 0 Å². The molecular weight excluding hydrogens is 321 g/mol. The van der Waals surface area contributed by atoms with Crippen LogP contribution in [0.15, 0.2) is 0 Å². The Hall–Kier alpha value is 0.195. The maximum atomic E-state index is 2.61. The lowest BCUT2D eigenvalue weighted by atomic mass is 9.11. The topological polar surface area (TPSA) is 0 Å². The molecule has 2 aliphatic rings. The minimum Gasteiger partial charge on any atom is -0.0782 e. The van der Waals surface area contributed by atoms with Gasteiger partial charge in [0.15, 0.2) is 0 Å². The molecule has 3 heteroatoms. The van der Waals surface area contributed by atoms with Crippen molar-refractivity contribution in [2.24, 2.45) is 0 Å². The van der Waals surface area contributed by atoms with Gasteiger partial charge in [-0.25, -0.2) is 0 Å². The van der Waals surface area contributed by atoms with E-state index in [1.807, 2.05) is 0 Å². The minimum atomic E-state index is 0.451. The van der Waals surface area contributed by atoms with Gasteiger partial charge >= 0.3 is 0 Å². The van der Waals surface area contributed by atoms with Gasteiger partial charge in [0.1, 0.15) is 0 Å². The van der Waals surface area contributed by atoms with Crippen molar-refractivity contribution in [2.45, 2.75) is 153 Å². The zero-order chi connectivity index (χ0) is 19.0. The lowest BCUT2D eigenvalue weighted by Gasteiger charge is -2.30. The fraction of sp³-hybridized carbons (Fsp3) is 1.00. The average molecular weight is 367 g/mol. The summed E-state index contributed by atoms with van der Waals surface area (Å²) < 4.78 is 0. The molecule has 0 aliphatic heterocycles. The van der Waals surface area contributed by atoms with Crippen molar-refractivity contribution in [1.82, 2.24) is 0 Å². The van der Waals surface area contributed by atoms with Gasteiger partial charge in [0, 0.05) is 7.06 Å². The van der Waals surface area contributed by atoms with Crippen molar-refractivity contribution < 1.29 is 0 Å². The van der Waals surface area contributed by atoms with E-state index in [2.05, 4.69) is 28.3 Å². The number of rotatable bonds is 4. The molecule has 2 fully saturated rings. The van der Waals surface area contributed by atoms with Gasteiger partial charge in [-0.1, -0.05) is 153 Å². The maximum absolute atomic E-state index is 2.61. The van der Waals surface area contributed by atoms with Crippen LogP contribution in [0.3, 0.4) is 0 Å². The zero-order valence-electron chi connectivity index (χ0n) is 18.7. The van der Waals surface area contributed by atoms with Crippen molar-refractivity contribution >= 4 is 21.4 Å². The van der Waals surface area contributed by atoms with Gasteiger partial charge in [0.25, 0.3) is 0 Å². The summed E-state index contributed by atoms with van der Waals surface area (Å²) in [5.74, 6) is 0.840. The van der Waals surface area contributed by atoms with Crippen molar-refractivity contribution in [2.75, 3.05) is 0 Å². The highest BCUT2D eigenvalue weighted by atomic mass is 14.2. The molecule has 0 unspecified atom stereocenters. The standard InChI is InChI=1S/C24H46B3/c1-24(21-17-13-9-5-6-10-14-18-22-24)26-27-25-23-19-15-11-7-3-2-4-8-12-16-20-23/h23H,2-22H2,1H3. The van der Waals surface area contributed by atoms with Gasteiger partial charge < -0.3 is 0 Å². The van der Waals surface area contributed by atoms with Crippen molar-refractivity contribution in [3.05, 3.63) is 0 Å². The molecule has 151 valence electrons. The van der Waals surface area contributed by atoms with Crippen LogP contribution in [0, 0.1) is 0 Å². The number of hydrogen-bond acceptors (Lipinski definition) is 0. The van der Waals surface area contributed by atoms with Crippen LogP contribution in [0.4, 0.5) is 0 Å². The van der Waals surface area contributed by atoms with Gasteiger partial charge in [0.05, 0.1) is 14.3 Å². The lowest BCUT2D eigenvalue weighted by Crippen LogP contribution is -2.28. The normalized spacial score (nSPS) is 25.2. The summed E-state index contributed by atoms with van der Waals surface area (Å²) in [6.45, 7) is 2.54. The van der Waals surface area contributed by atoms with Crippen molar-refractivity contribution in [3.8, 4) is 0 Å². The van der Waals surface area contributed by atoms with Crippen LogP contribution in [-0.2, 0) is 0 Å². The molecule has 0 bridgehead atoms. The third kappa shape index (κ3) is 11.7. The summed E-state index contributed by atoms with van der Waals surface area (Å²) in [5.41, 5.74) is 0. The molecule has 0 aromatic heterocycles. The third-order valence-corrected chi connectivity index (χ3v) is 7.28. The van der Waals surface area contributed by atoms with E-state index in [-0.39, 0.29) is 0 Å². The largest absolute Gasteiger partial charge is 0.0782 e. The Morgan fingerprint density at radius 1 is 0.519 bits per heavy atom. The summed E-state index contributed by atoms with van der Waals surface area (Å²) in [7, 11) is 7.71. The van der Waals surface area contributed by atoms with E-state index in [0.29, 0.717) is 5.31 Å². The summed E-state index contributed by atoms with van der Waals surface area (Å²) in [4.78, 5) is 0. The molecule has 0 heterocycles. The van der Waals surface area contributed by atoms with Gasteiger partial charge in [-0.2, -0.15) is 0 Å². The van der Waals surface area contributed by atoms with E-state index in [4.69, 9.17) is 0 Å². The average Bonchev–Trinajstić information content (AvgIpc) is 2.69. The van der Waals surface area contributed by atoms with Crippen LogP contribution in [0.2, 0.25) is 11.1 Å². The van der Waals surface area contributed by atoms with Crippen LogP contribution in [0.25, 0.3) is 0 Å². The first-order chi connectivity index (χ1) is 13.3. The first kappa shape index (κ1) is 23.5. The molecule has 3 radical (unpaired) electrons. The monoisotopic (exact) mass is 367 g/mol. The molecule has 0 spiro atoms. The van der Waals surface area contributed by atoms with Crippen LogP contribution in [0.1, 0.15) is 142 Å². The van der Waals surface area contributed by atoms with Crippen LogP contribution < -0.4 is 0 Å². The SMILES string of the molecule is CC1([B][B][B]C2CCCCCCCCCCC2)CCCCCCCCCC1. The molecule has 2 rings (SSSR count). The van der Waals surface area contributed by atoms with Crippen molar-refractivity contribution in [3.63, 3.8) is 0 Å². The summed E-state index contributed by atoms with van der Waals surface area (Å²) >= 11 is 0. The fourth-order valence-electron chi connectivity index (χ4n) is 5.24. The Bertz CT molecular complexity index is 321. The van der Waals surface area contributed by atoms with E-state index in [9.17, 15) is 0 Å². The molecule has 0 amide bonds. The smallest absolute Gasteiger partial charge is 0.0635 e. The second kappa shape index (κ2) is 15.1. The molecule has 0 nitrogen and oxygen atoms in total. The Balaban J connectivity index is 1.72. The molecule has 2 saturated carbocycles. The Kier molecular flexibility index (Phi) is 13.1. The summed E-state index contributed by atoms with van der Waals surface area (Å²) in [6, 6.07) is 0. The summed E-state index contributed by atoms with van der Waals surface area (Å²) in [5, 5.41) is 0.451. The van der Waals surface area contributed by atoms with Gasteiger partial charge in [-0.3, -0.25) is 0 Å². The first-order valence-corrected chi connectivity index (χ1v) is 12.8. The van der Waals surface area contributed by atoms with E-state index >= 15 is 0 Å². The third-order valence-electron chi connectivity index (χ3n) is 7.28. The predicted octanol–water partition coefficient (Wildman–Crippen LogP) is 8.12. The predicted molar refractivity (Wildman–Crippen MR) is 126 cm³/mol. The molecule has 2 aliphatic carbocycles. The van der Waals surface area contributed by atoms with Gasteiger partial charge in [-0.15, -0.1) is 0 Å². The molecule has 0 N–H and O–H groups in total. The fourth-order valence-corrected chi connectivity index (χ4v) is 5.24. The molecular formula is C24H46B3. The second-order valence-electron chi connectivity index (χ2n) is 10.1. The minimum absolute atomic E-state index is 0.451. The second-order valence-corrected chi connectivity index (χ2v) is 10.1. The van der Waals surface area contributed by atoms with Crippen LogP contribution in [-0.4, -0.2) is 21.4 Å². The zero-order valence-corrected chi connectivity index (χ0v) is 18.7. The Labute approximate surface area is 174 Å². The maximum Gasteiger partial charge on any atom is 0.0635 e. The van der Waals surface area contributed by atoms with Crippen molar-refractivity contribution in [1.29, 1.82) is 0 Å². The molecule has 0 atom stereocenters. The Morgan fingerprint density at radius 2 is 0.889 bits per heavy atom. The van der Waals surface area contributed by atoms with Crippen LogP contribution in [0.5, 0.6) is 0 Å². The van der Waals surface area contributed by atoms with Crippen LogP contribution >= 0.6 is 0 Å². The summed E-state index contributed by atoms with van der Waals surface area (Å²) in [6.07, 6.45) is 30.5. The quantitative estimate of drug-likeness (QED) is 0.440. The lowest BCUT2D eigenvalue weighted by molar-refractivity contribution is 0.466. The van der Waals surface area contributed by atoms with E-state index in [1.165, 1.54) is 135 Å². The molecule has 0 aromatic carbocycles. The van der Waals surface area contributed by atoms with E-state index in [0.717, 1.165) is 5.82 Å². The number of hydrogen-bond donors (Lipinski definition) is 0. The highest BCUT2D eigenvalue weighted by Crippen LogP contribution is 2.38. The molecule has 0 aromatic rings. The van der Waals surface area contributed by atoms with Gasteiger partial charge in [0.2, 0.25) is 0 Å².